The van der Waals surface area contributed by atoms with Crippen LogP contribution < -0.4 is 0 Å². The third-order valence-corrected chi connectivity index (χ3v) is 11.5. The van der Waals surface area contributed by atoms with E-state index >= 15 is 0 Å². The van der Waals surface area contributed by atoms with E-state index in [0.29, 0.717) is 22.3 Å². The predicted octanol–water partition coefficient (Wildman–Crippen LogP) is 9.85. The number of hydrogen-bond acceptors (Lipinski definition) is 1. The van der Waals surface area contributed by atoms with Gasteiger partial charge in [0.2, 0.25) is 0 Å². The summed E-state index contributed by atoms with van der Waals surface area (Å²) in [6.45, 7) is 20.7. The van der Waals surface area contributed by atoms with Gasteiger partial charge in [-0.2, -0.15) is 0 Å². The largest absolute Gasteiger partial charge is 0.378 e. The van der Waals surface area contributed by atoms with E-state index in [4.69, 9.17) is 4.74 Å². The fourth-order valence-corrected chi connectivity index (χ4v) is 9.33. The van der Waals surface area contributed by atoms with Crippen molar-refractivity contribution in [3.05, 3.63) is 11.6 Å². The van der Waals surface area contributed by atoms with E-state index in [1.807, 2.05) is 0 Å². The molecule has 0 amide bonds. The number of hydrogen-bond donors (Lipinski definition) is 0. The van der Waals surface area contributed by atoms with Crippen LogP contribution in [0, 0.1) is 51.8 Å². The maximum Gasteiger partial charge on any atom is 0.0612 e. The van der Waals surface area contributed by atoms with Crippen LogP contribution in [0.4, 0.5) is 0 Å². The SMILES string of the molecule is CC(C)CCC[C@@H](C)[C@H]1CC[C@H]2[C@@H]3CC=C4C[C@@H](OCCC(C)(C)C)CC[C@]4(C)[C@H]3CC[C@]12C. The minimum atomic E-state index is 0.375. The quantitative estimate of drug-likeness (QED) is 0.321. The maximum absolute atomic E-state index is 6.42. The Bertz CT molecular complexity index is 713. The molecule has 196 valence electrons. The van der Waals surface area contributed by atoms with Crippen molar-refractivity contribution in [3.8, 4) is 0 Å². The molecule has 0 bridgehead atoms. The monoisotopic (exact) mass is 470 g/mol. The molecule has 3 fully saturated rings. The van der Waals surface area contributed by atoms with Gasteiger partial charge < -0.3 is 4.74 Å². The van der Waals surface area contributed by atoms with E-state index in [-0.39, 0.29) is 0 Å². The van der Waals surface area contributed by atoms with Gasteiger partial charge in [0, 0.05) is 6.61 Å². The Hall–Kier alpha value is -0.300. The number of ether oxygens (including phenoxy) is 1. The van der Waals surface area contributed by atoms with Crippen molar-refractivity contribution in [3.63, 3.8) is 0 Å². The molecule has 1 heteroatoms. The molecular formula is C33H58O. The molecule has 0 aromatic rings. The third kappa shape index (κ3) is 5.35. The van der Waals surface area contributed by atoms with Gasteiger partial charge in [-0.3, -0.25) is 0 Å². The summed E-state index contributed by atoms with van der Waals surface area (Å²) in [5.41, 5.74) is 3.21. The normalized spacial score (nSPS) is 41.0. The summed E-state index contributed by atoms with van der Waals surface area (Å²) in [7, 11) is 0. The average molecular weight is 471 g/mol. The lowest BCUT2D eigenvalue weighted by molar-refractivity contribution is -0.0651. The van der Waals surface area contributed by atoms with Crippen LogP contribution in [0.2, 0.25) is 0 Å². The first kappa shape index (κ1) is 26.8. The lowest BCUT2D eigenvalue weighted by Gasteiger charge is -2.58. The summed E-state index contributed by atoms with van der Waals surface area (Å²) < 4.78 is 6.42. The van der Waals surface area contributed by atoms with Crippen molar-refractivity contribution in [1.29, 1.82) is 0 Å². The molecule has 0 radical (unpaired) electrons. The van der Waals surface area contributed by atoms with Crippen LogP contribution in [0.15, 0.2) is 11.6 Å². The molecule has 4 rings (SSSR count). The molecule has 3 saturated carbocycles. The topological polar surface area (TPSA) is 9.23 Å². The lowest BCUT2D eigenvalue weighted by atomic mass is 9.47. The Balaban J connectivity index is 1.40. The first-order chi connectivity index (χ1) is 15.9. The second-order valence-corrected chi connectivity index (χ2v) is 15.3. The molecular weight excluding hydrogens is 412 g/mol. The van der Waals surface area contributed by atoms with Crippen LogP contribution in [0.1, 0.15) is 132 Å². The highest BCUT2D eigenvalue weighted by atomic mass is 16.5. The van der Waals surface area contributed by atoms with Gasteiger partial charge in [-0.05, 0) is 110 Å². The van der Waals surface area contributed by atoms with Crippen molar-refractivity contribution in [2.75, 3.05) is 6.61 Å². The van der Waals surface area contributed by atoms with Crippen molar-refractivity contribution in [2.45, 2.75) is 139 Å². The minimum absolute atomic E-state index is 0.375. The molecule has 0 aliphatic heterocycles. The molecule has 0 aromatic heterocycles. The summed E-state index contributed by atoms with van der Waals surface area (Å²) in [6.07, 6.45) is 19.9. The summed E-state index contributed by atoms with van der Waals surface area (Å²) in [4.78, 5) is 0. The standard InChI is InChI=1S/C33H58O/c1-23(2)10-9-11-24(3)28-14-15-29-27-13-12-25-22-26(34-21-20-31(4,5)6)16-18-32(25,7)30(27)17-19-33(28,29)8/h12,23-24,26-30H,9-11,13-22H2,1-8H3/t24-,26+,27+,28-,29+,30+,32+,33-/m1/s1. The van der Waals surface area contributed by atoms with Gasteiger partial charge in [0.15, 0.2) is 0 Å². The molecule has 0 saturated heterocycles. The van der Waals surface area contributed by atoms with E-state index < -0.39 is 0 Å². The van der Waals surface area contributed by atoms with Gasteiger partial charge in [0.05, 0.1) is 6.10 Å². The van der Waals surface area contributed by atoms with Gasteiger partial charge >= 0.3 is 0 Å². The molecule has 0 aromatic carbocycles. The fraction of sp³-hybridized carbons (Fsp3) is 0.939. The number of fused-ring (bicyclic) bond motifs is 5. The Labute approximate surface area is 213 Å². The van der Waals surface area contributed by atoms with Gasteiger partial charge in [-0.25, -0.2) is 0 Å². The highest BCUT2D eigenvalue weighted by Gasteiger charge is 2.59. The van der Waals surface area contributed by atoms with Gasteiger partial charge in [0.25, 0.3) is 0 Å². The van der Waals surface area contributed by atoms with E-state index in [9.17, 15) is 0 Å². The first-order valence-corrected chi connectivity index (χ1v) is 15.2. The van der Waals surface area contributed by atoms with E-state index in [1.54, 1.807) is 5.57 Å². The smallest absolute Gasteiger partial charge is 0.0612 e. The van der Waals surface area contributed by atoms with Crippen LogP contribution in [-0.4, -0.2) is 12.7 Å². The number of rotatable bonds is 8. The second kappa shape index (κ2) is 10.2. The zero-order valence-corrected chi connectivity index (χ0v) is 24.2. The molecule has 34 heavy (non-hydrogen) atoms. The maximum atomic E-state index is 6.42. The van der Waals surface area contributed by atoms with Crippen LogP contribution in [0.5, 0.6) is 0 Å². The van der Waals surface area contributed by atoms with Crippen LogP contribution in [0.25, 0.3) is 0 Å². The van der Waals surface area contributed by atoms with Crippen molar-refractivity contribution < 1.29 is 4.74 Å². The lowest BCUT2D eigenvalue weighted by Crippen LogP contribution is -2.51. The number of allylic oxidation sites excluding steroid dienone is 1. The Morgan fingerprint density at radius 1 is 0.971 bits per heavy atom. The van der Waals surface area contributed by atoms with E-state index in [1.165, 1.54) is 77.0 Å². The zero-order valence-electron chi connectivity index (χ0n) is 24.2. The highest BCUT2D eigenvalue weighted by molar-refractivity contribution is 5.25. The molecule has 0 unspecified atom stereocenters. The van der Waals surface area contributed by atoms with Gasteiger partial charge in [-0.1, -0.05) is 86.3 Å². The van der Waals surface area contributed by atoms with Crippen LogP contribution in [-0.2, 0) is 4.74 Å². The molecule has 0 heterocycles. The van der Waals surface area contributed by atoms with Crippen molar-refractivity contribution in [2.24, 2.45) is 51.8 Å². The summed E-state index contributed by atoms with van der Waals surface area (Å²) in [5, 5.41) is 0. The molecule has 8 atom stereocenters. The Morgan fingerprint density at radius 3 is 2.44 bits per heavy atom. The summed E-state index contributed by atoms with van der Waals surface area (Å²) in [5.74, 6) is 5.58. The molecule has 1 nitrogen and oxygen atoms in total. The first-order valence-electron chi connectivity index (χ1n) is 15.2. The molecule has 4 aliphatic rings. The van der Waals surface area contributed by atoms with Gasteiger partial charge in [-0.15, -0.1) is 0 Å². The van der Waals surface area contributed by atoms with Crippen molar-refractivity contribution in [1.82, 2.24) is 0 Å². The molecule has 0 N–H and O–H groups in total. The minimum Gasteiger partial charge on any atom is -0.378 e. The Kier molecular flexibility index (Phi) is 8.04. The third-order valence-electron chi connectivity index (χ3n) is 11.5. The predicted molar refractivity (Wildman–Crippen MR) is 147 cm³/mol. The van der Waals surface area contributed by atoms with Gasteiger partial charge in [0.1, 0.15) is 0 Å². The molecule has 4 aliphatic carbocycles. The van der Waals surface area contributed by atoms with E-state index in [2.05, 4.69) is 61.5 Å². The average Bonchev–Trinajstić information content (AvgIpc) is 3.10. The summed E-state index contributed by atoms with van der Waals surface area (Å²) >= 11 is 0. The van der Waals surface area contributed by atoms with Crippen LogP contribution >= 0.6 is 0 Å². The van der Waals surface area contributed by atoms with E-state index in [0.717, 1.165) is 42.1 Å². The summed E-state index contributed by atoms with van der Waals surface area (Å²) in [6, 6.07) is 0. The van der Waals surface area contributed by atoms with Crippen LogP contribution in [0.3, 0.4) is 0 Å². The zero-order chi connectivity index (χ0) is 24.7. The fourth-order valence-electron chi connectivity index (χ4n) is 9.33. The molecule has 0 spiro atoms. The second-order valence-electron chi connectivity index (χ2n) is 15.3. The Morgan fingerprint density at radius 2 is 1.74 bits per heavy atom. The highest BCUT2D eigenvalue weighted by Crippen LogP contribution is 2.67. The van der Waals surface area contributed by atoms with Crippen molar-refractivity contribution >= 4 is 0 Å².